The molecular formula is C19H18O2. The first-order valence-corrected chi connectivity index (χ1v) is 7.63. The van der Waals surface area contributed by atoms with Crippen LogP contribution in [0.5, 0.6) is 0 Å². The molecule has 2 bridgehead atoms. The molecule has 0 amide bonds. The minimum Gasteiger partial charge on any atom is -0.373 e. The van der Waals surface area contributed by atoms with Crippen molar-refractivity contribution < 1.29 is 9.53 Å². The van der Waals surface area contributed by atoms with E-state index in [1.807, 2.05) is 60.7 Å². The van der Waals surface area contributed by atoms with Crippen LogP contribution in [-0.2, 0) is 9.53 Å². The molecule has 2 aliphatic rings. The summed E-state index contributed by atoms with van der Waals surface area (Å²) < 4.78 is 6.18. The molecule has 2 nitrogen and oxygen atoms in total. The monoisotopic (exact) mass is 278 g/mol. The lowest BCUT2D eigenvalue weighted by Crippen LogP contribution is -2.40. The van der Waals surface area contributed by atoms with Gasteiger partial charge in [-0.2, -0.15) is 0 Å². The first-order chi connectivity index (χ1) is 10.3. The van der Waals surface area contributed by atoms with Crippen molar-refractivity contribution in [3.63, 3.8) is 0 Å². The predicted molar refractivity (Wildman–Crippen MR) is 81.3 cm³/mol. The number of carbonyl (C=O) groups is 1. The molecule has 2 heteroatoms. The van der Waals surface area contributed by atoms with E-state index in [4.69, 9.17) is 4.74 Å². The molecule has 2 aliphatic heterocycles. The fourth-order valence-electron chi connectivity index (χ4n) is 3.82. The van der Waals surface area contributed by atoms with Gasteiger partial charge in [0.2, 0.25) is 0 Å². The van der Waals surface area contributed by atoms with Crippen molar-refractivity contribution in [2.45, 2.75) is 36.9 Å². The molecule has 2 saturated heterocycles. The maximum atomic E-state index is 13.1. The van der Waals surface area contributed by atoms with Crippen molar-refractivity contribution in [2.24, 2.45) is 0 Å². The maximum Gasteiger partial charge on any atom is 0.152 e. The number of ether oxygens (including phenoxy) is 1. The lowest BCUT2D eigenvalue weighted by Gasteiger charge is -2.34. The zero-order valence-corrected chi connectivity index (χ0v) is 11.8. The van der Waals surface area contributed by atoms with Crippen LogP contribution in [0.4, 0.5) is 0 Å². The Hall–Kier alpha value is -1.93. The van der Waals surface area contributed by atoms with Gasteiger partial charge in [-0.05, 0) is 24.0 Å². The molecule has 21 heavy (non-hydrogen) atoms. The van der Waals surface area contributed by atoms with E-state index in [0.29, 0.717) is 5.78 Å². The van der Waals surface area contributed by atoms with E-state index in [-0.39, 0.29) is 24.0 Å². The average molecular weight is 278 g/mol. The molecule has 0 N–H and O–H groups in total. The molecule has 2 fully saturated rings. The summed E-state index contributed by atoms with van der Waals surface area (Å²) >= 11 is 0. The standard InChI is InChI=1S/C19H18O2/c20-19-17(13-7-3-1-4-8-13)15-11-12-16(21-15)18(19)14-9-5-2-6-10-14/h1-10,15-18H,11-12H2/t15-,16+,17+,18-. The summed E-state index contributed by atoms with van der Waals surface area (Å²) in [4.78, 5) is 13.1. The Morgan fingerprint density at radius 1 is 0.714 bits per heavy atom. The van der Waals surface area contributed by atoms with Gasteiger partial charge in [0.15, 0.2) is 5.78 Å². The largest absolute Gasteiger partial charge is 0.373 e. The van der Waals surface area contributed by atoms with Crippen molar-refractivity contribution in [1.29, 1.82) is 0 Å². The lowest BCUT2D eigenvalue weighted by molar-refractivity contribution is -0.135. The number of fused-ring (bicyclic) bond motifs is 2. The molecular weight excluding hydrogens is 260 g/mol. The van der Waals surface area contributed by atoms with Crippen LogP contribution >= 0.6 is 0 Å². The zero-order valence-electron chi connectivity index (χ0n) is 11.8. The first kappa shape index (κ1) is 12.8. The summed E-state index contributed by atoms with van der Waals surface area (Å²) in [6.07, 6.45) is 2.09. The number of benzene rings is 2. The summed E-state index contributed by atoms with van der Waals surface area (Å²) in [5.41, 5.74) is 2.18. The van der Waals surface area contributed by atoms with E-state index in [1.165, 1.54) is 0 Å². The third kappa shape index (κ3) is 2.11. The molecule has 106 valence electrons. The van der Waals surface area contributed by atoms with Crippen LogP contribution in [0.2, 0.25) is 0 Å². The molecule has 0 saturated carbocycles. The Morgan fingerprint density at radius 2 is 1.14 bits per heavy atom. The molecule has 0 aliphatic carbocycles. The highest BCUT2D eigenvalue weighted by Crippen LogP contribution is 2.46. The number of hydrogen-bond acceptors (Lipinski definition) is 2. The Morgan fingerprint density at radius 3 is 1.57 bits per heavy atom. The second-order valence-corrected chi connectivity index (χ2v) is 5.97. The second kappa shape index (κ2) is 5.12. The van der Waals surface area contributed by atoms with Crippen LogP contribution in [0.1, 0.15) is 35.8 Å². The minimum atomic E-state index is -0.116. The molecule has 0 radical (unpaired) electrons. The molecule has 4 rings (SSSR count). The van der Waals surface area contributed by atoms with Crippen LogP contribution in [0.25, 0.3) is 0 Å². The van der Waals surface area contributed by atoms with Gasteiger partial charge in [-0.15, -0.1) is 0 Å². The molecule has 0 aromatic heterocycles. The highest BCUT2D eigenvalue weighted by Gasteiger charge is 2.49. The number of carbonyl (C=O) groups excluding carboxylic acids is 1. The van der Waals surface area contributed by atoms with E-state index in [0.717, 1.165) is 24.0 Å². The number of rotatable bonds is 2. The average Bonchev–Trinajstić information content (AvgIpc) is 2.94. The van der Waals surface area contributed by atoms with Gasteiger partial charge in [-0.25, -0.2) is 0 Å². The summed E-state index contributed by atoms with van der Waals surface area (Å²) in [7, 11) is 0. The Kier molecular flexibility index (Phi) is 3.12. The van der Waals surface area contributed by atoms with E-state index < -0.39 is 0 Å². The summed E-state index contributed by atoms with van der Waals surface area (Å²) in [5, 5.41) is 0. The maximum absolute atomic E-state index is 13.1. The van der Waals surface area contributed by atoms with Crippen molar-refractivity contribution in [1.82, 2.24) is 0 Å². The second-order valence-electron chi connectivity index (χ2n) is 5.97. The van der Waals surface area contributed by atoms with Crippen molar-refractivity contribution >= 4 is 5.78 Å². The smallest absolute Gasteiger partial charge is 0.152 e. The fourth-order valence-corrected chi connectivity index (χ4v) is 3.82. The van der Waals surface area contributed by atoms with Gasteiger partial charge in [0.25, 0.3) is 0 Å². The van der Waals surface area contributed by atoms with Crippen molar-refractivity contribution in [3.05, 3.63) is 71.8 Å². The number of Topliss-reactive ketones (excluding diaryl/α,β-unsaturated/α-hetero) is 1. The summed E-state index contributed by atoms with van der Waals surface area (Å²) in [5.74, 6) is 0.0939. The Labute approximate surface area is 124 Å². The predicted octanol–water partition coefficient (Wildman–Crippen LogP) is 3.68. The zero-order chi connectivity index (χ0) is 14.2. The van der Waals surface area contributed by atoms with Crippen LogP contribution in [0.15, 0.2) is 60.7 Å². The molecule has 2 aromatic rings. The normalized spacial score (nSPS) is 31.3. The highest BCUT2D eigenvalue weighted by atomic mass is 16.5. The third-order valence-electron chi connectivity index (χ3n) is 4.76. The van der Waals surface area contributed by atoms with Gasteiger partial charge in [0, 0.05) is 0 Å². The van der Waals surface area contributed by atoms with Gasteiger partial charge < -0.3 is 4.74 Å². The fraction of sp³-hybridized carbons (Fsp3) is 0.316. The first-order valence-electron chi connectivity index (χ1n) is 7.63. The molecule has 2 aromatic carbocycles. The van der Waals surface area contributed by atoms with Gasteiger partial charge in [-0.3, -0.25) is 4.79 Å². The van der Waals surface area contributed by atoms with Gasteiger partial charge in [0.1, 0.15) is 0 Å². The SMILES string of the molecule is O=C1[C@H](c2ccccc2)[C@@H]2CC[C@@H](O2)[C@@H]1c1ccccc1. The number of hydrogen-bond donors (Lipinski definition) is 0. The highest BCUT2D eigenvalue weighted by molar-refractivity contribution is 5.94. The number of ketones is 1. The van der Waals surface area contributed by atoms with E-state index in [9.17, 15) is 4.79 Å². The Bertz CT molecular complexity index is 580. The van der Waals surface area contributed by atoms with E-state index >= 15 is 0 Å². The summed E-state index contributed by atoms with van der Waals surface area (Å²) in [6, 6.07) is 20.2. The van der Waals surface area contributed by atoms with E-state index in [2.05, 4.69) is 0 Å². The topological polar surface area (TPSA) is 26.3 Å². The van der Waals surface area contributed by atoms with Crippen molar-refractivity contribution in [2.75, 3.05) is 0 Å². The van der Waals surface area contributed by atoms with Crippen LogP contribution < -0.4 is 0 Å². The quantitative estimate of drug-likeness (QED) is 0.837. The van der Waals surface area contributed by atoms with E-state index in [1.54, 1.807) is 0 Å². The molecule has 2 heterocycles. The minimum absolute atomic E-state index is 0.0601. The van der Waals surface area contributed by atoms with Gasteiger partial charge in [0.05, 0.1) is 24.0 Å². The Balaban J connectivity index is 1.75. The van der Waals surface area contributed by atoms with Crippen molar-refractivity contribution in [3.8, 4) is 0 Å². The molecule has 4 atom stereocenters. The van der Waals surface area contributed by atoms with Gasteiger partial charge >= 0.3 is 0 Å². The van der Waals surface area contributed by atoms with Crippen LogP contribution in [0, 0.1) is 0 Å². The lowest BCUT2D eigenvalue weighted by atomic mass is 9.78. The van der Waals surface area contributed by atoms with Gasteiger partial charge in [-0.1, -0.05) is 60.7 Å². The molecule has 0 unspecified atom stereocenters. The third-order valence-corrected chi connectivity index (χ3v) is 4.76. The van der Waals surface area contributed by atoms with Crippen LogP contribution in [0.3, 0.4) is 0 Å². The molecule has 0 spiro atoms. The summed E-state index contributed by atoms with van der Waals surface area (Å²) in [6.45, 7) is 0. The van der Waals surface area contributed by atoms with Crippen LogP contribution in [-0.4, -0.2) is 18.0 Å².